The molecule has 0 aliphatic heterocycles. The minimum Gasteiger partial charge on any atom is -0.352 e. The molecule has 0 aromatic heterocycles. The first-order valence-corrected chi connectivity index (χ1v) is 15.8. The van der Waals surface area contributed by atoms with Crippen molar-refractivity contribution in [2.24, 2.45) is 0 Å². The Morgan fingerprint density at radius 3 is 2.16 bits per heavy atom. The van der Waals surface area contributed by atoms with Crippen molar-refractivity contribution >= 4 is 39.1 Å². The standard InChI is InChI=1S/C31H33ClF3N3O4S/c1-2-27(30(40)36-24-13-9-10-14-24)37(20-22-11-5-3-6-12-22)29(39)21-38(43(41,42)25-15-7-4-8-16-25)28-19-23(31(33,34)35)17-18-26(28)32/h3-8,11-12,15-19,24,27H,2,9-10,13-14,20-21H2,1H3,(H,36,40). The van der Waals surface area contributed by atoms with Gasteiger partial charge in [0.1, 0.15) is 12.6 Å². The molecule has 0 radical (unpaired) electrons. The number of halogens is 4. The van der Waals surface area contributed by atoms with Crippen molar-refractivity contribution in [1.29, 1.82) is 0 Å². The van der Waals surface area contributed by atoms with Gasteiger partial charge in [0, 0.05) is 12.6 Å². The topological polar surface area (TPSA) is 86.8 Å². The Morgan fingerprint density at radius 1 is 0.977 bits per heavy atom. The highest BCUT2D eigenvalue weighted by Crippen LogP contribution is 2.37. The van der Waals surface area contributed by atoms with E-state index in [4.69, 9.17) is 11.6 Å². The maximum atomic E-state index is 14.1. The minimum absolute atomic E-state index is 0.0194. The van der Waals surface area contributed by atoms with Gasteiger partial charge < -0.3 is 10.2 Å². The van der Waals surface area contributed by atoms with Crippen molar-refractivity contribution in [2.75, 3.05) is 10.8 Å². The smallest absolute Gasteiger partial charge is 0.352 e. The maximum absolute atomic E-state index is 14.1. The lowest BCUT2D eigenvalue weighted by molar-refractivity contribution is -0.140. The van der Waals surface area contributed by atoms with Crippen molar-refractivity contribution in [3.8, 4) is 0 Å². The van der Waals surface area contributed by atoms with Gasteiger partial charge in [-0.15, -0.1) is 0 Å². The van der Waals surface area contributed by atoms with E-state index in [1.807, 2.05) is 0 Å². The number of sulfonamides is 1. The van der Waals surface area contributed by atoms with E-state index in [2.05, 4.69) is 5.32 Å². The number of hydrogen-bond acceptors (Lipinski definition) is 4. The number of amides is 2. The predicted octanol–water partition coefficient (Wildman–Crippen LogP) is 6.42. The van der Waals surface area contributed by atoms with Gasteiger partial charge in [-0.3, -0.25) is 13.9 Å². The Kier molecular flexibility index (Phi) is 10.4. The third-order valence-corrected chi connectivity index (χ3v) is 9.53. The average molecular weight is 636 g/mol. The van der Waals surface area contributed by atoms with Crippen molar-refractivity contribution in [3.05, 3.63) is 95.0 Å². The van der Waals surface area contributed by atoms with Crippen molar-refractivity contribution < 1.29 is 31.2 Å². The molecule has 2 amide bonds. The highest BCUT2D eigenvalue weighted by molar-refractivity contribution is 7.92. The van der Waals surface area contributed by atoms with Crippen LogP contribution in [0.2, 0.25) is 5.02 Å². The van der Waals surface area contributed by atoms with Gasteiger partial charge in [0.15, 0.2) is 0 Å². The number of anilines is 1. The molecular weight excluding hydrogens is 603 g/mol. The SMILES string of the molecule is CCC(C(=O)NC1CCCC1)N(Cc1ccccc1)C(=O)CN(c1cc(C(F)(F)F)ccc1Cl)S(=O)(=O)c1ccccc1. The molecule has 7 nitrogen and oxygen atoms in total. The molecule has 3 aromatic carbocycles. The summed E-state index contributed by atoms with van der Waals surface area (Å²) in [5.41, 5.74) is -0.939. The molecule has 0 spiro atoms. The first kappa shape index (κ1) is 32.3. The van der Waals surface area contributed by atoms with E-state index in [0.717, 1.165) is 37.8 Å². The Morgan fingerprint density at radius 2 is 1.58 bits per heavy atom. The van der Waals surface area contributed by atoms with Crippen molar-refractivity contribution in [2.45, 2.75) is 68.7 Å². The fourth-order valence-corrected chi connectivity index (χ4v) is 6.90. The quantitative estimate of drug-likeness (QED) is 0.263. The minimum atomic E-state index is -4.80. The number of hydrogen-bond donors (Lipinski definition) is 1. The highest BCUT2D eigenvalue weighted by Gasteiger charge is 2.37. The van der Waals surface area contributed by atoms with Crippen molar-refractivity contribution in [1.82, 2.24) is 10.2 Å². The number of alkyl halides is 3. The number of carbonyl (C=O) groups is 2. The van der Waals surface area contributed by atoms with Crippen LogP contribution in [0.3, 0.4) is 0 Å². The molecule has 1 unspecified atom stereocenters. The molecule has 1 saturated carbocycles. The molecular formula is C31H33ClF3N3O4S. The Hall–Kier alpha value is -3.57. The van der Waals surface area contributed by atoms with E-state index < -0.39 is 45.9 Å². The van der Waals surface area contributed by atoms with Gasteiger partial charge in [-0.2, -0.15) is 13.2 Å². The molecule has 12 heteroatoms. The number of benzene rings is 3. The largest absolute Gasteiger partial charge is 0.416 e. The van der Waals surface area contributed by atoms with Crippen LogP contribution in [0.25, 0.3) is 0 Å². The lowest BCUT2D eigenvalue weighted by atomic mass is 10.1. The molecule has 1 aliphatic rings. The first-order valence-electron chi connectivity index (χ1n) is 14.0. The molecule has 1 fully saturated rings. The second kappa shape index (κ2) is 13.8. The van der Waals surface area contributed by atoms with Gasteiger partial charge in [-0.05, 0) is 55.2 Å². The number of nitrogens with zero attached hydrogens (tertiary/aromatic N) is 2. The fraction of sp³-hybridized carbons (Fsp3) is 0.355. The summed E-state index contributed by atoms with van der Waals surface area (Å²) in [7, 11) is -4.58. The average Bonchev–Trinajstić information content (AvgIpc) is 3.49. The molecule has 0 bridgehead atoms. The van der Waals surface area contributed by atoms with Crippen LogP contribution in [0.15, 0.2) is 83.8 Å². The second-order valence-electron chi connectivity index (χ2n) is 10.4. The van der Waals surface area contributed by atoms with Crippen LogP contribution >= 0.6 is 11.6 Å². The lowest BCUT2D eigenvalue weighted by Gasteiger charge is -2.34. The molecule has 1 atom stereocenters. The van der Waals surface area contributed by atoms with Gasteiger partial charge in [-0.25, -0.2) is 8.42 Å². The Balaban J connectivity index is 1.77. The molecule has 0 heterocycles. The summed E-state index contributed by atoms with van der Waals surface area (Å²) in [6, 6.07) is 17.3. The highest BCUT2D eigenvalue weighted by atomic mass is 35.5. The molecule has 3 aromatic rings. The van der Waals surface area contributed by atoms with Crippen LogP contribution in [0.4, 0.5) is 18.9 Å². The molecule has 1 aliphatic carbocycles. The summed E-state index contributed by atoms with van der Waals surface area (Å²) in [4.78, 5) is 28.6. The van der Waals surface area contributed by atoms with Crippen LogP contribution in [-0.4, -0.2) is 43.8 Å². The number of carbonyl (C=O) groups excluding carboxylic acids is 2. The zero-order valence-corrected chi connectivity index (χ0v) is 25.1. The van der Waals surface area contributed by atoms with Gasteiger partial charge in [0.2, 0.25) is 11.8 Å². The van der Waals surface area contributed by atoms with Crippen LogP contribution in [0, 0.1) is 0 Å². The number of rotatable bonds is 11. The van der Waals surface area contributed by atoms with Crippen LogP contribution in [-0.2, 0) is 32.3 Å². The van der Waals surface area contributed by atoms with Gasteiger partial charge >= 0.3 is 6.18 Å². The molecule has 0 saturated heterocycles. The fourth-order valence-electron chi connectivity index (χ4n) is 5.18. The predicted molar refractivity (Wildman–Crippen MR) is 159 cm³/mol. The zero-order chi connectivity index (χ0) is 31.2. The first-order chi connectivity index (χ1) is 20.4. The molecule has 4 rings (SSSR count). The summed E-state index contributed by atoms with van der Waals surface area (Å²) in [6.45, 7) is 0.830. The van der Waals surface area contributed by atoms with Gasteiger partial charge in [-0.1, -0.05) is 79.9 Å². The third kappa shape index (κ3) is 7.88. The van der Waals surface area contributed by atoms with Gasteiger partial charge in [0.05, 0.1) is 21.2 Å². The van der Waals surface area contributed by atoms with E-state index in [0.29, 0.717) is 15.9 Å². The summed E-state index contributed by atoms with van der Waals surface area (Å²) < 4.78 is 69.5. The monoisotopic (exact) mass is 635 g/mol. The normalized spacial score (nSPS) is 14.7. The maximum Gasteiger partial charge on any atom is 0.416 e. The van der Waals surface area contributed by atoms with Gasteiger partial charge in [0.25, 0.3) is 10.0 Å². The zero-order valence-electron chi connectivity index (χ0n) is 23.6. The Bertz CT molecular complexity index is 1520. The Labute approximate surface area is 254 Å². The lowest BCUT2D eigenvalue weighted by Crippen LogP contribution is -2.53. The summed E-state index contributed by atoms with van der Waals surface area (Å²) in [5, 5.41) is 2.72. The van der Waals surface area contributed by atoms with Crippen LogP contribution in [0.1, 0.15) is 50.2 Å². The molecule has 1 N–H and O–H groups in total. The van der Waals surface area contributed by atoms with Crippen LogP contribution < -0.4 is 9.62 Å². The number of nitrogens with one attached hydrogen (secondary N) is 1. The van der Waals surface area contributed by atoms with Crippen molar-refractivity contribution in [3.63, 3.8) is 0 Å². The van der Waals surface area contributed by atoms with Crippen LogP contribution in [0.5, 0.6) is 0 Å². The summed E-state index contributed by atoms with van der Waals surface area (Å²) in [5.74, 6) is -1.14. The van der Waals surface area contributed by atoms with E-state index in [-0.39, 0.29) is 34.8 Å². The van der Waals surface area contributed by atoms with E-state index in [9.17, 15) is 31.2 Å². The third-order valence-electron chi connectivity index (χ3n) is 7.44. The van der Waals surface area contributed by atoms with E-state index in [1.54, 1.807) is 43.3 Å². The second-order valence-corrected chi connectivity index (χ2v) is 12.7. The summed E-state index contributed by atoms with van der Waals surface area (Å²) in [6.07, 6.45) is -0.946. The van der Waals surface area contributed by atoms with E-state index in [1.165, 1.54) is 29.2 Å². The molecule has 43 heavy (non-hydrogen) atoms. The molecule has 230 valence electrons. The summed E-state index contributed by atoms with van der Waals surface area (Å²) >= 11 is 6.30. The van der Waals surface area contributed by atoms with E-state index >= 15 is 0 Å².